The van der Waals surface area contributed by atoms with Crippen LogP contribution in [-0.2, 0) is 46.0 Å². The molecule has 0 unspecified atom stereocenters. The molecule has 7 heteroatoms. The Bertz CT molecular complexity index is 3460. The van der Waals surface area contributed by atoms with E-state index in [0.29, 0.717) is 17.8 Å². The summed E-state index contributed by atoms with van der Waals surface area (Å²) in [5.74, 6) is 2.49. The van der Waals surface area contributed by atoms with E-state index in [1.54, 1.807) is 0 Å². The molecule has 0 spiro atoms. The van der Waals surface area contributed by atoms with Gasteiger partial charge in [0.15, 0.2) is 0 Å². The van der Waals surface area contributed by atoms with E-state index in [0.717, 1.165) is 81.5 Å². The van der Waals surface area contributed by atoms with E-state index in [9.17, 15) is 0 Å². The summed E-state index contributed by atoms with van der Waals surface area (Å²) in [6, 6.07) is 48.5. The molecule has 1 radical (unpaired) electrons. The number of hydrogen-bond donors (Lipinski definition) is 0. The van der Waals surface area contributed by atoms with Crippen LogP contribution < -0.4 is 5.19 Å². The van der Waals surface area contributed by atoms with Gasteiger partial charge in [0.2, 0.25) is 0 Å². The van der Waals surface area contributed by atoms with Crippen molar-refractivity contribution in [3.05, 3.63) is 161 Å². The molecule has 0 bridgehead atoms. The van der Waals surface area contributed by atoms with Gasteiger partial charge in [0.1, 0.15) is 5.58 Å². The molecule has 0 saturated carbocycles. The summed E-state index contributed by atoms with van der Waals surface area (Å²) in [5.41, 5.74) is 16.8. The monoisotopic (exact) mass is 1120 g/mol. The van der Waals surface area contributed by atoms with Gasteiger partial charge in [0, 0.05) is 50.3 Å². The second-order valence-corrected chi connectivity index (χ2v) is 27.5. The predicted octanol–water partition coefficient (Wildman–Crippen LogP) is 16.7. The molecule has 0 amide bonds. The van der Waals surface area contributed by atoms with Gasteiger partial charge in [-0.3, -0.25) is 4.98 Å². The summed E-state index contributed by atoms with van der Waals surface area (Å²) < 4.78 is 11.0. The van der Waals surface area contributed by atoms with E-state index < -0.39 is 8.07 Å². The zero-order chi connectivity index (χ0) is 48.9. The fourth-order valence-corrected chi connectivity index (χ4v) is 12.2. The Hall–Kier alpha value is -5.59. The zero-order valence-electron chi connectivity index (χ0n) is 43.6. The molecular weight excluding hydrogens is 1050 g/mol. The molecule has 4 heterocycles. The Balaban J connectivity index is 0.000000203. The van der Waals surface area contributed by atoms with E-state index in [4.69, 9.17) is 14.4 Å². The largest absolute Gasteiger partial charge is 0.501 e. The molecular formula is C63H70IrN4OSi-2. The average Bonchev–Trinajstić information content (AvgIpc) is 3.97. The van der Waals surface area contributed by atoms with Crippen molar-refractivity contribution < 1.29 is 24.5 Å². The summed E-state index contributed by atoms with van der Waals surface area (Å²) >= 11 is 0. The minimum atomic E-state index is -1.44. The summed E-state index contributed by atoms with van der Waals surface area (Å²) in [6.07, 6.45) is 4.23. The first-order valence-corrected chi connectivity index (χ1v) is 28.8. The minimum absolute atomic E-state index is 0. The van der Waals surface area contributed by atoms with E-state index in [2.05, 4.69) is 213 Å². The van der Waals surface area contributed by atoms with Crippen molar-refractivity contribution in [1.29, 1.82) is 0 Å². The summed E-state index contributed by atoms with van der Waals surface area (Å²) in [6.45, 7) is 31.8. The van der Waals surface area contributed by atoms with Gasteiger partial charge in [-0.1, -0.05) is 171 Å². The summed E-state index contributed by atoms with van der Waals surface area (Å²) in [5, 5.41) is 6.32. The molecule has 0 aliphatic heterocycles. The third kappa shape index (κ3) is 10.1. The van der Waals surface area contributed by atoms with Crippen LogP contribution in [0, 0.1) is 23.5 Å². The number of fused-ring (bicyclic) bond motifs is 7. The number of pyridine rings is 1. The third-order valence-electron chi connectivity index (χ3n) is 13.6. The minimum Gasteiger partial charge on any atom is -0.501 e. The van der Waals surface area contributed by atoms with Crippen molar-refractivity contribution >= 4 is 68.0 Å². The molecule has 5 nitrogen and oxygen atoms in total. The van der Waals surface area contributed by atoms with Gasteiger partial charge in [0.05, 0.1) is 30.5 Å². The van der Waals surface area contributed by atoms with Crippen LogP contribution in [0.4, 0.5) is 0 Å². The molecule has 363 valence electrons. The van der Waals surface area contributed by atoms with Gasteiger partial charge in [-0.25, -0.2) is 0 Å². The maximum absolute atomic E-state index is 6.19. The molecule has 0 N–H and O–H groups in total. The first-order chi connectivity index (χ1) is 32.9. The number of rotatable bonds is 11. The second kappa shape index (κ2) is 20.3. The van der Waals surface area contributed by atoms with Gasteiger partial charge in [-0.2, -0.15) is 0 Å². The molecule has 70 heavy (non-hydrogen) atoms. The van der Waals surface area contributed by atoms with E-state index in [-0.39, 0.29) is 25.5 Å². The van der Waals surface area contributed by atoms with Gasteiger partial charge < -0.3 is 18.5 Å². The number of para-hydroxylation sites is 3. The van der Waals surface area contributed by atoms with Crippen molar-refractivity contribution in [3.8, 4) is 22.6 Å². The van der Waals surface area contributed by atoms with Crippen molar-refractivity contribution in [1.82, 2.24) is 19.1 Å². The van der Waals surface area contributed by atoms with Crippen molar-refractivity contribution in [2.45, 2.75) is 127 Å². The Morgan fingerprint density at radius 1 is 0.700 bits per heavy atom. The smallest absolute Gasteiger partial charge is 0.120 e. The number of furan rings is 1. The van der Waals surface area contributed by atoms with Crippen molar-refractivity contribution in [2.24, 2.45) is 11.3 Å². The predicted molar refractivity (Wildman–Crippen MR) is 297 cm³/mol. The van der Waals surface area contributed by atoms with Crippen LogP contribution in [-0.4, -0.2) is 27.2 Å². The molecule has 0 aliphatic rings. The zero-order valence-corrected chi connectivity index (χ0v) is 47.0. The Kier molecular flexibility index (Phi) is 14.7. The molecule has 0 saturated heterocycles. The van der Waals surface area contributed by atoms with E-state index >= 15 is 0 Å². The first-order valence-electron chi connectivity index (χ1n) is 25.3. The first kappa shape index (κ1) is 50.8. The Morgan fingerprint density at radius 2 is 1.40 bits per heavy atom. The number of benzene rings is 6. The van der Waals surface area contributed by atoms with Crippen LogP contribution in [0.25, 0.3) is 77.4 Å². The maximum Gasteiger partial charge on any atom is 0.120 e. The summed E-state index contributed by atoms with van der Waals surface area (Å²) in [7, 11) is -1.44. The third-order valence-corrected chi connectivity index (χ3v) is 15.7. The van der Waals surface area contributed by atoms with Crippen LogP contribution >= 0.6 is 0 Å². The number of imidazole rings is 1. The van der Waals surface area contributed by atoms with Gasteiger partial charge in [-0.05, 0) is 111 Å². The van der Waals surface area contributed by atoms with E-state index in [1.165, 1.54) is 54.8 Å². The number of aromatic nitrogens is 4. The fraction of sp³-hybridized carbons (Fsp3) is 0.333. The second-order valence-electron chi connectivity index (χ2n) is 22.5. The van der Waals surface area contributed by atoms with Crippen LogP contribution in [0.3, 0.4) is 0 Å². The summed E-state index contributed by atoms with van der Waals surface area (Å²) in [4.78, 5) is 10.1. The van der Waals surface area contributed by atoms with Gasteiger partial charge in [0.25, 0.3) is 0 Å². The number of aryl methyl sites for hydroxylation is 1. The molecule has 6 aromatic carbocycles. The average molecular weight is 1120 g/mol. The van der Waals surface area contributed by atoms with Gasteiger partial charge in [-0.15, -0.1) is 42.0 Å². The van der Waals surface area contributed by atoms with Crippen LogP contribution in [0.2, 0.25) is 19.6 Å². The molecule has 4 aromatic heterocycles. The molecule has 10 rings (SSSR count). The Labute approximate surface area is 431 Å². The normalized spacial score (nSPS) is 12.3. The van der Waals surface area contributed by atoms with E-state index in [1.807, 2.05) is 18.2 Å². The Morgan fingerprint density at radius 3 is 2.09 bits per heavy atom. The van der Waals surface area contributed by atoms with Crippen LogP contribution in [0.5, 0.6) is 0 Å². The standard InChI is InChI=1S/C39H44N3.C24H26NOSi.Ir/c1-9-41-35-19-17-27(23-39(6,7)8)21-31(35)32-22-28(18-20-36(32)41)38-40-34-15-10-11-16-37(34)42(38)24-33-29(25(2)3)13-12-14-30(33)26(4)5;1-16(2)13-17-14-21(25-15-23(17)27(3,4)5)20-11-8-10-19-18-9-6-7-12-22(18)26-24(19)20;/h10-17,19-22,25-26H,9,23-24H2,1-8H3;6-10,12,14-16H,13H2,1-5H3;/q2*-1;. The molecule has 0 atom stereocenters. The molecule has 0 fully saturated rings. The molecule has 10 aromatic rings. The molecule has 0 aliphatic carbocycles. The van der Waals surface area contributed by atoms with Crippen molar-refractivity contribution in [3.63, 3.8) is 0 Å². The van der Waals surface area contributed by atoms with Crippen LogP contribution in [0.1, 0.15) is 109 Å². The van der Waals surface area contributed by atoms with Crippen molar-refractivity contribution in [2.75, 3.05) is 0 Å². The number of hydrogen-bond acceptors (Lipinski definition) is 3. The topological polar surface area (TPSA) is 48.8 Å². The fourth-order valence-electron chi connectivity index (χ4n) is 10.6. The number of nitrogens with zero attached hydrogens (tertiary/aromatic N) is 4. The quantitative estimate of drug-likeness (QED) is 0.0958. The van der Waals surface area contributed by atoms with Gasteiger partial charge >= 0.3 is 0 Å². The van der Waals surface area contributed by atoms with Crippen LogP contribution in [0.15, 0.2) is 126 Å². The SMILES string of the molecule is CC(C)Cc1cc(-c2[c-]ccc3c2oc2ccccc23)ncc1[Si](C)(C)C.CCn1c2c[c-]c(-c3nc4ccccc4n3Cc3c(C(C)C)cccc3C(C)C)cc2c2cc(CC(C)(C)C)ccc21.[Ir]. The maximum atomic E-state index is 6.19.